The van der Waals surface area contributed by atoms with E-state index in [0.717, 1.165) is 17.4 Å². The van der Waals surface area contributed by atoms with Crippen molar-refractivity contribution in [1.29, 1.82) is 0 Å². The molecule has 1 aromatic carbocycles. The highest BCUT2D eigenvalue weighted by atomic mass is 32.2. The van der Waals surface area contributed by atoms with E-state index in [9.17, 15) is 13.2 Å². The first-order valence-corrected chi connectivity index (χ1v) is 14.3. The minimum absolute atomic E-state index is 0.177. The van der Waals surface area contributed by atoms with E-state index < -0.39 is 16.1 Å². The molecule has 5 aromatic heterocycles. The zero-order chi connectivity index (χ0) is 28.0. The minimum Gasteiger partial charge on any atom is -0.360 e. The number of nitrogens with one attached hydrogen (secondary N) is 3. The van der Waals surface area contributed by atoms with Crippen molar-refractivity contribution in [3.05, 3.63) is 95.3 Å². The number of nitrogens with zero attached hydrogens (tertiary/aromatic N) is 6. The summed E-state index contributed by atoms with van der Waals surface area (Å²) in [6, 6.07) is 12.5. The van der Waals surface area contributed by atoms with Gasteiger partial charge in [-0.25, -0.2) is 22.9 Å². The van der Waals surface area contributed by atoms with E-state index >= 15 is 0 Å². The van der Waals surface area contributed by atoms with Crippen molar-refractivity contribution in [1.82, 2.24) is 34.1 Å². The van der Waals surface area contributed by atoms with Gasteiger partial charge in [0.25, 0.3) is 5.56 Å². The maximum Gasteiger partial charge on any atom is 0.282 e. The number of hydrogen-bond donors (Lipinski definition) is 3. The van der Waals surface area contributed by atoms with Gasteiger partial charge in [0.1, 0.15) is 23.3 Å². The van der Waals surface area contributed by atoms with Crippen LogP contribution in [0.3, 0.4) is 0 Å². The number of sulfonamides is 1. The molecule has 0 spiro atoms. The molecule has 0 saturated carbocycles. The molecule has 0 aliphatic rings. The number of aryl methyl sites for hydroxylation is 1. The Balaban J connectivity index is 1.46. The van der Waals surface area contributed by atoms with Crippen LogP contribution < -0.4 is 15.6 Å². The molecule has 0 aliphatic carbocycles. The van der Waals surface area contributed by atoms with Crippen LogP contribution in [0.25, 0.3) is 33.4 Å². The fourth-order valence-electron chi connectivity index (χ4n) is 4.77. The summed E-state index contributed by atoms with van der Waals surface area (Å²) in [7, 11) is -3.48. The Hall–Kier alpha value is -5.04. The molecule has 6 aromatic rings. The van der Waals surface area contributed by atoms with Crippen LogP contribution in [-0.2, 0) is 10.0 Å². The third-order valence-corrected chi connectivity index (χ3v) is 7.10. The maximum atomic E-state index is 13.7. The van der Waals surface area contributed by atoms with Crippen LogP contribution in [0, 0.1) is 6.92 Å². The van der Waals surface area contributed by atoms with Crippen LogP contribution >= 0.6 is 0 Å². The van der Waals surface area contributed by atoms with Crippen LogP contribution in [0.15, 0.2) is 78.4 Å². The van der Waals surface area contributed by atoms with Gasteiger partial charge in [-0.2, -0.15) is 5.10 Å². The van der Waals surface area contributed by atoms with Gasteiger partial charge in [-0.3, -0.25) is 19.1 Å². The van der Waals surface area contributed by atoms with Crippen molar-refractivity contribution in [2.75, 3.05) is 16.3 Å². The van der Waals surface area contributed by atoms with Gasteiger partial charge in [-0.15, -0.1) is 0 Å². The van der Waals surface area contributed by atoms with Crippen LogP contribution in [-0.4, -0.2) is 48.8 Å². The van der Waals surface area contributed by atoms with E-state index in [-0.39, 0.29) is 5.56 Å². The monoisotopic (exact) mass is 555 g/mol. The van der Waals surface area contributed by atoms with Crippen molar-refractivity contribution in [3.8, 4) is 16.8 Å². The average molecular weight is 556 g/mol. The summed E-state index contributed by atoms with van der Waals surface area (Å²) in [5.41, 5.74) is 4.16. The average Bonchev–Trinajstić information content (AvgIpc) is 3.53. The summed E-state index contributed by atoms with van der Waals surface area (Å²) >= 11 is 0. The van der Waals surface area contributed by atoms with E-state index in [0.29, 0.717) is 45.1 Å². The molecule has 12 nitrogen and oxygen atoms in total. The van der Waals surface area contributed by atoms with Gasteiger partial charge in [-0.05, 0) is 43.7 Å². The first-order chi connectivity index (χ1) is 19.2. The first kappa shape index (κ1) is 25.2. The maximum absolute atomic E-state index is 13.7. The lowest BCUT2D eigenvalue weighted by molar-refractivity contribution is 0.607. The van der Waals surface area contributed by atoms with E-state index in [1.54, 1.807) is 33.7 Å². The summed E-state index contributed by atoms with van der Waals surface area (Å²) in [5, 5.41) is 8.91. The molecule has 13 heteroatoms. The first-order valence-electron chi connectivity index (χ1n) is 12.4. The van der Waals surface area contributed by atoms with Gasteiger partial charge in [0, 0.05) is 29.7 Å². The molecule has 202 valence electrons. The van der Waals surface area contributed by atoms with Crippen LogP contribution in [0.4, 0.5) is 11.5 Å². The quantitative estimate of drug-likeness (QED) is 0.270. The van der Waals surface area contributed by atoms with Gasteiger partial charge in [0.2, 0.25) is 10.0 Å². The molecule has 6 rings (SSSR count). The summed E-state index contributed by atoms with van der Waals surface area (Å²) in [5.74, 6) is 0.997. The number of aromatic amines is 1. The Bertz CT molecular complexity index is 2050. The number of para-hydroxylation sites is 1. The zero-order valence-electron chi connectivity index (χ0n) is 21.8. The van der Waals surface area contributed by atoms with E-state index in [1.807, 2.05) is 50.2 Å². The number of fused-ring (bicyclic) bond motifs is 2. The van der Waals surface area contributed by atoms with Crippen LogP contribution in [0.2, 0.25) is 0 Å². The molecule has 0 radical (unpaired) electrons. The summed E-state index contributed by atoms with van der Waals surface area (Å²) in [6.45, 7) is 3.79. The topological polar surface area (TPSA) is 152 Å². The van der Waals surface area contributed by atoms with Crippen molar-refractivity contribution in [3.63, 3.8) is 0 Å². The lowest BCUT2D eigenvalue weighted by Gasteiger charge is -2.20. The lowest BCUT2D eigenvalue weighted by atomic mass is 10.1. The van der Waals surface area contributed by atoms with Crippen molar-refractivity contribution in [2.24, 2.45) is 0 Å². The van der Waals surface area contributed by atoms with Gasteiger partial charge >= 0.3 is 0 Å². The Morgan fingerprint density at radius 1 is 1.07 bits per heavy atom. The lowest BCUT2D eigenvalue weighted by Crippen LogP contribution is -2.29. The number of hydrogen-bond acceptors (Lipinski definition) is 8. The fourth-order valence-corrected chi connectivity index (χ4v) is 5.30. The van der Waals surface area contributed by atoms with Crippen molar-refractivity contribution >= 4 is 38.1 Å². The number of rotatable bonds is 7. The number of anilines is 2. The van der Waals surface area contributed by atoms with E-state index in [1.165, 1.54) is 12.5 Å². The van der Waals surface area contributed by atoms with Gasteiger partial charge in [-0.1, -0.05) is 18.2 Å². The summed E-state index contributed by atoms with van der Waals surface area (Å²) < 4.78 is 29.2. The molecule has 0 fully saturated rings. The molecule has 0 saturated heterocycles. The second-order valence-corrected chi connectivity index (χ2v) is 11.2. The largest absolute Gasteiger partial charge is 0.360 e. The number of benzene rings is 1. The molecule has 3 N–H and O–H groups in total. The smallest absolute Gasteiger partial charge is 0.282 e. The highest BCUT2D eigenvalue weighted by Crippen LogP contribution is 2.34. The predicted octanol–water partition coefficient (Wildman–Crippen LogP) is 3.67. The Morgan fingerprint density at radius 3 is 2.65 bits per heavy atom. The standard InChI is InChI=1S/C27H25N9O3S/c1-16-9-10-35-23(16)27(37)36(20-7-5-4-6-8-20)26(33-35)17(2)32-25-22-21(14-29-24(22)30-15-31-25)18-11-19(13-28-12-18)34-40(3,38)39/h4-15,17,34H,1-3H3,(H2,29,30,31,32)/t17-/m0/s1. The summed E-state index contributed by atoms with van der Waals surface area (Å²) in [6.07, 6.45) is 9.13. The Morgan fingerprint density at radius 2 is 1.88 bits per heavy atom. The number of aromatic nitrogens is 7. The predicted molar refractivity (Wildman–Crippen MR) is 153 cm³/mol. The highest BCUT2D eigenvalue weighted by molar-refractivity contribution is 7.92. The Labute approximate surface area is 228 Å². The molecule has 40 heavy (non-hydrogen) atoms. The third kappa shape index (κ3) is 4.56. The summed E-state index contributed by atoms with van der Waals surface area (Å²) in [4.78, 5) is 29.9. The van der Waals surface area contributed by atoms with Crippen molar-refractivity contribution < 1.29 is 8.42 Å². The Kier molecular flexibility index (Phi) is 6.07. The molecule has 0 amide bonds. The number of pyridine rings is 1. The SMILES string of the molecule is Cc1ccn2nc([C@H](C)Nc3ncnc4[nH]cc(-c5cncc(NS(C)(=O)=O)c5)c34)n(-c3ccccc3)c(=O)c12. The molecule has 5 heterocycles. The fraction of sp³-hybridized carbons (Fsp3) is 0.148. The molecule has 0 aliphatic heterocycles. The highest BCUT2D eigenvalue weighted by Gasteiger charge is 2.22. The van der Waals surface area contributed by atoms with Crippen LogP contribution in [0.5, 0.6) is 0 Å². The minimum atomic E-state index is -3.48. The second kappa shape index (κ2) is 9.61. The molecule has 1 atom stereocenters. The zero-order valence-corrected chi connectivity index (χ0v) is 22.6. The second-order valence-electron chi connectivity index (χ2n) is 9.48. The van der Waals surface area contributed by atoms with Crippen molar-refractivity contribution in [2.45, 2.75) is 19.9 Å². The van der Waals surface area contributed by atoms with E-state index in [2.05, 4.69) is 30.0 Å². The van der Waals surface area contributed by atoms with Crippen LogP contribution in [0.1, 0.15) is 24.4 Å². The molecule has 0 unspecified atom stereocenters. The number of H-pyrrole nitrogens is 1. The third-order valence-electron chi connectivity index (χ3n) is 6.49. The van der Waals surface area contributed by atoms with Gasteiger partial charge < -0.3 is 10.3 Å². The van der Waals surface area contributed by atoms with Gasteiger partial charge in [0.15, 0.2) is 5.82 Å². The normalized spacial score (nSPS) is 12.6. The van der Waals surface area contributed by atoms with E-state index in [4.69, 9.17) is 5.10 Å². The molecular weight excluding hydrogens is 530 g/mol. The van der Waals surface area contributed by atoms with Gasteiger partial charge in [0.05, 0.1) is 35.3 Å². The molecule has 0 bridgehead atoms. The molecular formula is C27H25N9O3S.